The topological polar surface area (TPSA) is 60.5 Å². The Labute approximate surface area is 316 Å². The number of fused-ring (bicyclic) bond motifs is 11. The highest BCUT2D eigenvalue weighted by Crippen LogP contribution is 2.51. The number of hydrogen-bond donors (Lipinski definition) is 0. The van der Waals surface area contributed by atoms with E-state index in [2.05, 4.69) is 134 Å². The second kappa shape index (κ2) is 12.6. The van der Waals surface area contributed by atoms with Gasteiger partial charge in [0.2, 0.25) is 0 Å². The first-order chi connectivity index (χ1) is 26.2. The number of benzene rings is 5. The number of hydrogen-bond acceptors (Lipinski definition) is 4. The van der Waals surface area contributed by atoms with Crippen molar-refractivity contribution in [2.75, 3.05) is 13.2 Å². The molecule has 0 aliphatic carbocycles. The van der Waals surface area contributed by atoms with Gasteiger partial charge >= 0.3 is 18.4 Å². The van der Waals surface area contributed by atoms with Crippen LogP contribution in [0.2, 0.25) is 0 Å². The van der Waals surface area contributed by atoms with E-state index in [1.807, 2.05) is 19.9 Å². The first-order valence-corrected chi connectivity index (χ1v) is 19.1. The molecule has 6 nitrogen and oxygen atoms in total. The van der Waals surface area contributed by atoms with Gasteiger partial charge in [-0.2, -0.15) is 0 Å². The van der Waals surface area contributed by atoms with Crippen molar-refractivity contribution in [3.63, 3.8) is 0 Å². The molecule has 0 saturated heterocycles. The Balaban J connectivity index is 1.48. The predicted octanol–water partition coefficient (Wildman–Crippen LogP) is 9.56. The molecule has 0 amide bonds. The molecule has 0 fully saturated rings. The molecule has 0 saturated carbocycles. The lowest BCUT2D eigenvalue weighted by atomic mass is 9.37. The summed E-state index contributed by atoms with van der Waals surface area (Å²) in [4.78, 5) is 28.1. The van der Waals surface area contributed by atoms with E-state index in [9.17, 15) is 9.59 Å². The fourth-order valence-corrected chi connectivity index (χ4v) is 10.4. The molecule has 4 heterocycles. The minimum absolute atomic E-state index is 0.284. The molecule has 9 rings (SSSR count). The van der Waals surface area contributed by atoms with Gasteiger partial charge in [-0.3, -0.25) is 0 Å². The van der Waals surface area contributed by atoms with E-state index in [1.54, 1.807) is 0 Å². The maximum atomic E-state index is 14.0. The number of allylic oxidation sites excluding steroid dienone is 1. The summed E-state index contributed by atoms with van der Waals surface area (Å²) < 4.78 is 16.5. The zero-order chi connectivity index (χ0) is 37.5. The fourth-order valence-electron chi connectivity index (χ4n) is 10.4. The van der Waals surface area contributed by atoms with Crippen LogP contribution in [-0.2, 0) is 26.9 Å². The van der Waals surface area contributed by atoms with Gasteiger partial charge in [-0.25, -0.2) is 9.59 Å². The van der Waals surface area contributed by atoms with Crippen molar-refractivity contribution < 1.29 is 23.5 Å². The third-order valence-corrected chi connectivity index (χ3v) is 12.2. The molecule has 7 heteroatoms. The molecule has 6 aromatic rings. The first kappa shape index (κ1) is 33.9. The van der Waals surface area contributed by atoms with Crippen molar-refractivity contribution in [2.24, 2.45) is 0 Å². The van der Waals surface area contributed by atoms with Crippen molar-refractivity contribution in [1.29, 1.82) is 0 Å². The Morgan fingerprint density at radius 2 is 1.22 bits per heavy atom. The van der Waals surface area contributed by atoms with Gasteiger partial charge in [0.05, 0.1) is 24.4 Å². The molecule has 5 aromatic carbocycles. The third-order valence-electron chi connectivity index (χ3n) is 12.2. The summed E-state index contributed by atoms with van der Waals surface area (Å²) in [6.45, 7) is 12.5. The van der Waals surface area contributed by atoms with Crippen LogP contribution in [-0.4, -0.2) is 46.2 Å². The van der Waals surface area contributed by atoms with Gasteiger partial charge in [0, 0.05) is 18.2 Å². The van der Waals surface area contributed by atoms with E-state index in [0.717, 1.165) is 45.1 Å². The second-order valence-corrected chi connectivity index (χ2v) is 15.0. The van der Waals surface area contributed by atoms with Crippen LogP contribution in [0.1, 0.15) is 71.7 Å². The van der Waals surface area contributed by atoms with E-state index >= 15 is 0 Å². The number of aromatic nitrogens is 1. The van der Waals surface area contributed by atoms with E-state index in [4.69, 9.17) is 9.47 Å². The molecule has 0 atom stereocenters. The lowest BCUT2D eigenvalue weighted by Crippen LogP contribution is -2.62. The van der Waals surface area contributed by atoms with Gasteiger partial charge < -0.3 is 18.4 Å². The van der Waals surface area contributed by atoms with Crippen molar-refractivity contribution >= 4 is 51.2 Å². The minimum Gasteiger partial charge on any atom is -0.462 e. The third kappa shape index (κ3) is 4.63. The van der Waals surface area contributed by atoms with Gasteiger partial charge in [-0.05, 0) is 84.1 Å². The van der Waals surface area contributed by atoms with Gasteiger partial charge in [-0.15, -0.1) is 0 Å². The first-order valence-electron chi connectivity index (χ1n) is 19.1. The Kier molecular flexibility index (Phi) is 7.89. The van der Waals surface area contributed by atoms with Gasteiger partial charge in [0.15, 0.2) is 5.70 Å². The lowest BCUT2D eigenvalue weighted by molar-refractivity contribution is -0.340. The largest absolute Gasteiger partial charge is 0.462 e. The smallest absolute Gasteiger partial charge is 0.387 e. The average Bonchev–Trinajstić information content (AvgIpc) is 3.53. The SMILES string of the molecule is CCOC(=O)C1=C(C)C2=C(c3ccccc3)c3c(C)c(C(=O)OCC)c(C)n3[B-]3(Cc4ccc5ccccc5c4-c4c(ccc5ccccc45)C3)[N+]2=C1C. The fraction of sp³-hybridized carbons (Fsp3) is 0.213. The average molecular weight is 711 g/mol. The molecule has 0 N–H and O–H groups in total. The molecule has 0 unspecified atom stereocenters. The summed E-state index contributed by atoms with van der Waals surface area (Å²) in [6.07, 6.45) is -0.538. The Morgan fingerprint density at radius 1 is 0.685 bits per heavy atom. The summed E-state index contributed by atoms with van der Waals surface area (Å²) in [6, 6.07) is 36.8. The molecule has 268 valence electrons. The number of nitrogens with zero attached hydrogens (tertiary/aromatic N) is 2. The van der Waals surface area contributed by atoms with Crippen molar-refractivity contribution in [2.45, 2.75) is 54.2 Å². The zero-order valence-corrected chi connectivity index (χ0v) is 31.7. The van der Waals surface area contributed by atoms with E-state index in [1.165, 1.54) is 43.8 Å². The van der Waals surface area contributed by atoms with Gasteiger partial charge in [-0.1, -0.05) is 127 Å². The molecule has 0 radical (unpaired) electrons. The number of rotatable bonds is 5. The highest BCUT2D eigenvalue weighted by molar-refractivity contribution is 6.72. The van der Waals surface area contributed by atoms with Crippen molar-refractivity contribution in [1.82, 2.24) is 4.48 Å². The van der Waals surface area contributed by atoms with Crippen LogP contribution >= 0.6 is 0 Å². The van der Waals surface area contributed by atoms with Gasteiger partial charge in [0.1, 0.15) is 11.3 Å². The number of esters is 2. The molecular weight excluding hydrogens is 667 g/mol. The standard InChI is InChI=1S/C47H43BN2O4/c1-7-53-46(51)39-28(3)44-43(34-18-10-9-11-19-34)45-29(4)40(47(52)54-8-2)31(6)50(45)48(49(44)30(39)5)26-35-24-22-32-16-12-14-20-37(32)41(35)42-36(27-48)25-23-33-17-13-15-21-38(33)42/h9-25H,7-8,26-27H2,1-6H3. The van der Waals surface area contributed by atoms with Crippen LogP contribution in [0.5, 0.6) is 0 Å². The highest BCUT2D eigenvalue weighted by Gasteiger charge is 2.56. The van der Waals surface area contributed by atoms with Crippen LogP contribution in [0, 0.1) is 13.8 Å². The number of carbonyl (C=O) groups excluding carboxylic acids is 2. The summed E-state index contributed by atoms with van der Waals surface area (Å²) in [5, 5.41) is 4.82. The Hall–Kier alpha value is -5.95. The lowest BCUT2D eigenvalue weighted by Gasteiger charge is -2.45. The quantitative estimate of drug-likeness (QED) is 0.132. The minimum atomic E-state index is -1.87. The molecule has 1 spiro atoms. The molecular formula is C47H43BN2O4. The van der Waals surface area contributed by atoms with Crippen LogP contribution in [0.4, 0.5) is 0 Å². The normalized spacial score (nSPS) is 15.7. The molecule has 3 aliphatic heterocycles. The molecule has 1 aromatic heterocycles. The van der Waals surface area contributed by atoms with Crippen molar-refractivity contribution in [3.8, 4) is 11.1 Å². The molecule has 3 aliphatic rings. The summed E-state index contributed by atoms with van der Waals surface area (Å²) in [7, 11) is 0. The second-order valence-electron chi connectivity index (χ2n) is 15.0. The summed E-state index contributed by atoms with van der Waals surface area (Å²) in [5.41, 5.74) is 13.7. The highest BCUT2D eigenvalue weighted by atomic mass is 16.5. The maximum absolute atomic E-state index is 14.0. The van der Waals surface area contributed by atoms with Crippen LogP contribution in [0.15, 0.2) is 120 Å². The summed E-state index contributed by atoms with van der Waals surface area (Å²) >= 11 is 0. The van der Waals surface area contributed by atoms with E-state index in [-0.39, 0.29) is 25.2 Å². The van der Waals surface area contributed by atoms with E-state index in [0.29, 0.717) is 23.8 Å². The van der Waals surface area contributed by atoms with Crippen molar-refractivity contribution in [3.05, 3.63) is 159 Å². The number of carbonyl (C=O) groups is 2. The summed E-state index contributed by atoms with van der Waals surface area (Å²) in [5.74, 6) is -0.631. The zero-order valence-electron chi connectivity index (χ0n) is 31.7. The Morgan fingerprint density at radius 3 is 1.80 bits per heavy atom. The van der Waals surface area contributed by atoms with Crippen LogP contribution in [0.25, 0.3) is 38.2 Å². The Bertz CT molecular complexity index is 2630. The van der Waals surface area contributed by atoms with Gasteiger partial charge in [0.25, 0.3) is 0 Å². The molecule has 54 heavy (non-hydrogen) atoms. The monoisotopic (exact) mass is 710 g/mol. The maximum Gasteiger partial charge on any atom is 0.387 e. The van der Waals surface area contributed by atoms with Crippen LogP contribution < -0.4 is 0 Å². The number of ether oxygens (including phenoxy) is 2. The molecule has 0 bridgehead atoms. The predicted molar refractivity (Wildman–Crippen MR) is 218 cm³/mol. The van der Waals surface area contributed by atoms with Crippen LogP contribution in [0.3, 0.4) is 0 Å². The van der Waals surface area contributed by atoms with E-state index < -0.39 is 6.42 Å².